The largest absolute Gasteiger partial charge is 0.395 e. The molecule has 17 heavy (non-hydrogen) atoms. The summed E-state index contributed by atoms with van der Waals surface area (Å²) in [5.41, 5.74) is 0.814. The SMILES string of the molecule is N#CC1(CO)CCN(Cc2ccccc2)CC1. The van der Waals surface area contributed by atoms with E-state index in [0.29, 0.717) is 0 Å². The second-order valence-corrected chi connectivity index (χ2v) is 4.81. The number of hydrogen-bond donors (Lipinski definition) is 1. The fourth-order valence-corrected chi connectivity index (χ4v) is 2.29. The van der Waals surface area contributed by atoms with Crippen LogP contribution in [-0.4, -0.2) is 29.7 Å². The minimum atomic E-state index is -0.493. The topological polar surface area (TPSA) is 47.3 Å². The summed E-state index contributed by atoms with van der Waals surface area (Å²) in [7, 11) is 0. The third-order valence-corrected chi connectivity index (χ3v) is 3.60. The van der Waals surface area contributed by atoms with E-state index in [9.17, 15) is 5.11 Å². The van der Waals surface area contributed by atoms with Crippen molar-refractivity contribution < 1.29 is 5.11 Å². The van der Waals surface area contributed by atoms with Gasteiger partial charge in [0.1, 0.15) is 0 Å². The van der Waals surface area contributed by atoms with Crippen LogP contribution >= 0.6 is 0 Å². The van der Waals surface area contributed by atoms with Gasteiger partial charge in [0, 0.05) is 19.6 Å². The van der Waals surface area contributed by atoms with Crippen molar-refractivity contribution in [2.75, 3.05) is 19.7 Å². The van der Waals surface area contributed by atoms with Crippen LogP contribution in [0.3, 0.4) is 0 Å². The molecule has 1 heterocycles. The molecule has 1 N–H and O–H groups in total. The Morgan fingerprint density at radius 2 is 1.88 bits per heavy atom. The van der Waals surface area contributed by atoms with E-state index in [1.807, 2.05) is 18.2 Å². The third kappa shape index (κ3) is 2.85. The molecule has 3 heteroatoms. The second kappa shape index (κ2) is 5.31. The van der Waals surface area contributed by atoms with Crippen molar-refractivity contribution in [3.05, 3.63) is 35.9 Å². The molecular weight excluding hydrogens is 212 g/mol. The summed E-state index contributed by atoms with van der Waals surface area (Å²) >= 11 is 0. The van der Waals surface area contributed by atoms with E-state index in [2.05, 4.69) is 23.1 Å². The molecule has 0 amide bonds. The Morgan fingerprint density at radius 1 is 1.24 bits per heavy atom. The first kappa shape index (κ1) is 12.1. The zero-order chi connectivity index (χ0) is 12.1. The highest BCUT2D eigenvalue weighted by molar-refractivity contribution is 5.14. The summed E-state index contributed by atoms with van der Waals surface area (Å²) in [5, 5.41) is 18.4. The molecule has 1 aliphatic heterocycles. The Bertz CT molecular complexity index is 388. The van der Waals surface area contributed by atoms with E-state index < -0.39 is 5.41 Å². The second-order valence-electron chi connectivity index (χ2n) is 4.81. The molecule has 0 spiro atoms. The van der Waals surface area contributed by atoms with Gasteiger partial charge in [-0.2, -0.15) is 5.26 Å². The van der Waals surface area contributed by atoms with Gasteiger partial charge in [-0.05, 0) is 18.4 Å². The number of piperidine rings is 1. The molecule has 0 saturated carbocycles. The summed E-state index contributed by atoms with van der Waals surface area (Å²) in [6.07, 6.45) is 1.54. The molecule has 1 aromatic carbocycles. The summed E-state index contributed by atoms with van der Waals surface area (Å²) in [5.74, 6) is 0. The normalized spacial score (nSPS) is 19.8. The van der Waals surface area contributed by atoms with Crippen molar-refractivity contribution in [3.63, 3.8) is 0 Å². The van der Waals surface area contributed by atoms with Gasteiger partial charge in [0.25, 0.3) is 0 Å². The Labute approximate surface area is 102 Å². The van der Waals surface area contributed by atoms with Crippen molar-refractivity contribution in [2.45, 2.75) is 19.4 Å². The maximum absolute atomic E-state index is 9.28. The highest BCUT2D eigenvalue weighted by Gasteiger charge is 2.33. The lowest BCUT2D eigenvalue weighted by molar-refractivity contribution is 0.0823. The highest BCUT2D eigenvalue weighted by atomic mass is 16.3. The molecule has 1 saturated heterocycles. The molecular formula is C14H18N2O. The monoisotopic (exact) mass is 230 g/mol. The van der Waals surface area contributed by atoms with Gasteiger partial charge in [0.2, 0.25) is 0 Å². The average Bonchev–Trinajstić information content (AvgIpc) is 2.41. The number of nitrogens with zero attached hydrogens (tertiary/aromatic N) is 2. The van der Waals surface area contributed by atoms with Crippen LogP contribution < -0.4 is 0 Å². The number of benzene rings is 1. The Morgan fingerprint density at radius 3 is 2.41 bits per heavy atom. The van der Waals surface area contributed by atoms with Crippen LogP contribution in [0.4, 0.5) is 0 Å². The fraction of sp³-hybridized carbons (Fsp3) is 0.500. The smallest absolute Gasteiger partial charge is 0.0828 e. The molecule has 0 bridgehead atoms. The summed E-state index contributed by atoms with van der Waals surface area (Å²) in [6.45, 7) is 2.71. The highest BCUT2D eigenvalue weighted by Crippen LogP contribution is 2.30. The van der Waals surface area contributed by atoms with Crippen LogP contribution in [0.15, 0.2) is 30.3 Å². The fourth-order valence-electron chi connectivity index (χ4n) is 2.29. The maximum Gasteiger partial charge on any atom is 0.0828 e. The van der Waals surface area contributed by atoms with E-state index in [1.54, 1.807) is 0 Å². The van der Waals surface area contributed by atoms with E-state index in [-0.39, 0.29) is 6.61 Å². The van der Waals surface area contributed by atoms with Crippen LogP contribution in [0.25, 0.3) is 0 Å². The first-order valence-corrected chi connectivity index (χ1v) is 6.06. The van der Waals surface area contributed by atoms with Gasteiger partial charge in [-0.25, -0.2) is 0 Å². The van der Waals surface area contributed by atoms with E-state index >= 15 is 0 Å². The minimum absolute atomic E-state index is 0.0112. The molecule has 0 aliphatic carbocycles. The van der Waals surface area contributed by atoms with Gasteiger partial charge >= 0.3 is 0 Å². The number of nitriles is 1. The van der Waals surface area contributed by atoms with Crippen LogP contribution in [0, 0.1) is 16.7 Å². The summed E-state index contributed by atoms with van der Waals surface area (Å²) in [6, 6.07) is 12.6. The van der Waals surface area contributed by atoms with Gasteiger partial charge in [-0.3, -0.25) is 4.90 Å². The maximum atomic E-state index is 9.28. The van der Waals surface area contributed by atoms with Crippen molar-refractivity contribution in [3.8, 4) is 6.07 Å². The number of aliphatic hydroxyl groups is 1. The zero-order valence-corrected chi connectivity index (χ0v) is 9.97. The van der Waals surface area contributed by atoms with Crippen LogP contribution in [-0.2, 0) is 6.54 Å². The van der Waals surface area contributed by atoms with Crippen molar-refractivity contribution in [2.24, 2.45) is 5.41 Å². The Balaban J connectivity index is 1.90. The average molecular weight is 230 g/mol. The lowest BCUT2D eigenvalue weighted by Gasteiger charge is -2.36. The molecule has 0 atom stereocenters. The van der Waals surface area contributed by atoms with Crippen LogP contribution in [0.5, 0.6) is 0 Å². The molecule has 0 unspecified atom stereocenters. The van der Waals surface area contributed by atoms with E-state index in [4.69, 9.17) is 5.26 Å². The third-order valence-electron chi connectivity index (χ3n) is 3.60. The molecule has 0 radical (unpaired) electrons. The standard InChI is InChI=1S/C14H18N2O/c15-11-14(12-17)6-8-16(9-7-14)10-13-4-2-1-3-5-13/h1-5,17H,6-10,12H2. The quantitative estimate of drug-likeness (QED) is 0.861. The van der Waals surface area contributed by atoms with Gasteiger partial charge in [-0.15, -0.1) is 0 Å². The van der Waals surface area contributed by atoms with Gasteiger partial charge in [-0.1, -0.05) is 30.3 Å². The lowest BCUT2D eigenvalue weighted by Crippen LogP contribution is -2.40. The molecule has 90 valence electrons. The molecule has 1 aromatic rings. The van der Waals surface area contributed by atoms with Crippen LogP contribution in [0.1, 0.15) is 18.4 Å². The van der Waals surface area contributed by atoms with Crippen LogP contribution in [0.2, 0.25) is 0 Å². The van der Waals surface area contributed by atoms with E-state index in [1.165, 1.54) is 5.56 Å². The summed E-state index contributed by atoms with van der Waals surface area (Å²) < 4.78 is 0. The predicted octanol–water partition coefficient (Wildman–Crippen LogP) is 1.78. The van der Waals surface area contributed by atoms with Gasteiger partial charge in [0.05, 0.1) is 18.1 Å². The van der Waals surface area contributed by atoms with Crippen molar-refractivity contribution >= 4 is 0 Å². The first-order valence-electron chi connectivity index (χ1n) is 6.06. The zero-order valence-electron chi connectivity index (χ0n) is 9.97. The summed E-state index contributed by atoms with van der Waals surface area (Å²) in [4.78, 5) is 2.35. The molecule has 3 nitrogen and oxygen atoms in total. The van der Waals surface area contributed by atoms with Crippen molar-refractivity contribution in [1.29, 1.82) is 5.26 Å². The number of rotatable bonds is 3. The molecule has 0 aromatic heterocycles. The van der Waals surface area contributed by atoms with E-state index in [0.717, 1.165) is 32.5 Å². The van der Waals surface area contributed by atoms with Crippen molar-refractivity contribution in [1.82, 2.24) is 4.90 Å². The Kier molecular flexibility index (Phi) is 3.78. The number of hydrogen-bond acceptors (Lipinski definition) is 3. The van der Waals surface area contributed by atoms with Gasteiger partial charge in [0.15, 0.2) is 0 Å². The number of aliphatic hydroxyl groups excluding tert-OH is 1. The molecule has 2 rings (SSSR count). The first-order chi connectivity index (χ1) is 8.28. The predicted molar refractivity (Wildman–Crippen MR) is 66.1 cm³/mol. The minimum Gasteiger partial charge on any atom is -0.395 e. The molecule has 1 aliphatic rings. The number of likely N-dealkylation sites (tertiary alicyclic amines) is 1. The Hall–Kier alpha value is -1.37. The lowest BCUT2D eigenvalue weighted by atomic mass is 9.80. The van der Waals surface area contributed by atoms with Gasteiger partial charge < -0.3 is 5.11 Å². The molecule has 1 fully saturated rings.